The quantitative estimate of drug-likeness (QED) is 0.644. The average molecular weight is 395 g/mol. The summed E-state index contributed by atoms with van der Waals surface area (Å²) in [6.07, 6.45) is 1.67. The van der Waals surface area contributed by atoms with Crippen LogP contribution in [0.2, 0.25) is 0 Å². The molecule has 0 radical (unpaired) electrons. The Balaban J connectivity index is 1.56. The maximum absolute atomic E-state index is 12.3. The van der Waals surface area contributed by atoms with Gasteiger partial charge in [-0.25, -0.2) is 13.1 Å². The molecule has 0 saturated carbocycles. The predicted molar refractivity (Wildman–Crippen MR) is 107 cm³/mol. The Morgan fingerprint density at radius 2 is 1.64 bits per heavy atom. The van der Waals surface area contributed by atoms with Crippen LogP contribution in [0.15, 0.2) is 77.8 Å². The number of aromatic nitrogens is 1. The standard InChI is InChI=1S/C21H21N3O3S/c1-16-5-11-20(12-6-16)28(26,27)24-14-17-7-9-18(10-8-17)21(25)23-15-19-4-2-3-13-22-19/h2-13,24H,14-15H2,1H3,(H,23,25). The van der Waals surface area contributed by atoms with Crippen LogP contribution in [0.5, 0.6) is 0 Å². The first kappa shape index (κ1) is 19.7. The van der Waals surface area contributed by atoms with Crippen molar-refractivity contribution < 1.29 is 13.2 Å². The van der Waals surface area contributed by atoms with E-state index in [1.807, 2.05) is 25.1 Å². The summed E-state index contributed by atoms with van der Waals surface area (Å²) in [5.41, 5.74) is 3.03. The third-order valence-electron chi connectivity index (χ3n) is 4.17. The van der Waals surface area contributed by atoms with Crippen LogP contribution in [0.4, 0.5) is 0 Å². The van der Waals surface area contributed by atoms with Crippen molar-refractivity contribution in [2.45, 2.75) is 24.9 Å². The van der Waals surface area contributed by atoms with Gasteiger partial charge in [0.25, 0.3) is 5.91 Å². The van der Waals surface area contributed by atoms with E-state index < -0.39 is 10.0 Å². The lowest BCUT2D eigenvalue weighted by Gasteiger charge is -2.08. The van der Waals surface area contributed by atoms with Crippen molar-refractivity contribution in [3.63, 3.8) is 0 Å². The van der Waals surface area contributed by atoms with E-state index in [0.29, 0.717) is 12.1 Å². The molecular weight excluding hydrogens is 374 g/mol. The highest BCUT2D eigenvalue weighted by Gasteiger charge is 2.13. The molecule has 3 rings (SSSR count). The van der Waals surface area contributed by atoms with Crippen LogP contribution in [0.25, 0.3) is 0 Å². The predicted octanol–water partition coefficient (Wildman–Crippen LogP) is 2.80. The van der Waals surface area contributed by atoms with Crippen molar-refractivity contribution >= 4 is 15.9 Å². The number of aryl methyl sites for hydroxylation is 1. The average Bonchev–Trinajstić information content (AvgIpc) is 2.72. The number of carbonyl (C=O) groups excluding carboxylic acids is 1. The monoisotopic (exact) mass is 395 g/mol. The summed E-state index contributed by atoms with van der Waals surface area (Å²) < 4.78 is 27.2. The van der Waals surface area contributed by atoms with Crippen LogP contribution in [-0.4, -0.2) is 19.3 Å². The number of benzene rings is 2. The lowest BCUT2D eigenvalue weighted by molar-refractivity contribution is 0.0950. The van der Waals surface area contributed by atoms with E-state index in [0.717, 1.165) is 16.8 Å². The van der Waals surface area contributed by atoms with Crippen LogP contribution in [-0.2, 0) is 23.1 Å². The summed E-state index contributed by atoms with van der Waals surface area (Å²) >= 11 is 0. The maximum atomic E-state index is 12.3. The Labute approximate surface area is 164 Å². The minimum atomic E-state index is -3.58. The van der Waals surface area contributed by atoms with E-state index in [1.54, 1.807) is 54.7 Å². The molecule has 1 heterocycles. The van der Waals surface area contributed by atoms with Crippen molar-refractivity contribution in [3.8, 4) is 0 Å². The summed E-state index contributed by atoms with van der Waals surface area (Å²) in [6, 6.07) is 19.0. The Bertz CT molecular complexity index is 1030. The third kappa shape index (κ3) is 5.25. The van der Waals surface area contributed by atoms with Crippen molar-refractivity contribution in [2.24, 2.45) is 0 Å². The van der Waals surface area contributed by atoms with Gasteiger partial charge in [-0.1, -0.05) is 35.9 Å². The first-order chi connectivity index (χ1) is 13.4. The van der Waals surface area contributed by atoms with Gasteiger partial charge < -0.3 is 5.32 Å². The van der Waals surface area contributed by atoms with Gasteiger partial charge in [0.1, 0.15) is 0 Å². The second kappa shape index (κ2) is 8.77. The van der Waals surface area contributed by atoms with Gasteiger partial charge in [-0.3, -0.25) is 9.78 Å². The Kier molecular flexibility index (Phi) is 6.18. The molecule has 0 aliphatic carbocycles. The van der Waals surface area contributed by atoms with Crippen molar-refractivity contribution in [1.29, 1.82) is 0 Å². The number of nitrogens with one attached hydrogen (secondary N) is 2. The zero-order chi connectivity index (χ0) is 20.0. The SMILES string of the molecule is Cc1ccc(S(=O)(=O)NCc2ccc(C(=O)NCc3ccccn3)cc2)cc1. The van der Waals surface area contributed by atoms with Crippen LogP contribution in [0, 0.1) is 6.92 Å². The Morgan fingerprint density at radius 3 is 2.29 bits per heavy atom. The molecule has 0 aliphatic rings. The minimum absolute atomic E-state index is 0.145. The number of sulfonamides is 1. The van der Waals surface area contributed by atoms with Gasteiger partial charge in [0, 0.05) is 18.3 Å². The highest BCUT2D eigenvalue weighted by Crippen LogP contribution is 2.11. The second-order valence-corrected chi connectivity index (χ2v) is 8.11. The van der Waals surface area contributed by atoms with E-state index in [4.69, 9.17) is 0 Å². The minimum Gasteiger partial charge on any atom is -0.346 e. The summed E-state index contributed by atoms with van der Waals surface area (Å²) in [6.45, 7) is 2.39. The zero-order valence-corrected chi connectivity index (χ0v) is 16.2. The van der Waals surface area contributed by atoms with E-state index >= 15 is 0 Å². The highest BCUT2D eigenvalue weighted by molar-refractivity contribution is 7.89. The van der Waals surface area contributed by atoms with Crippen molar-refractivity contribution in [1.82, 2.24) is 15.0 Å². The van der Waals surface area contributed by atoms with E-state index in [1.165, 1.54) is 0 Å². The van der Waals surface area contributed by atoms with Gasteiger partial charge in [0.05, 0.1) is 17.1 Å². The lowest BCUT2D eigenvalue weighted by atomic mass is 10.1. The summed E-state index contributed by atoms with van der Waals surface area (Å²) in [5, 5.41) is 2.80. The number of amides is 1. The first-order valence-corrected chi connectivity index (χ1v) is 10.3. The Hall–Kier alpha value is -3.03. The molecule has 2 aromatic carbocycles. The molecule has 0 bridgehead atoms. The van der Waals surface area contributed by atoms with Crippen LogP contribution < -0.4 is 10.0 Å². The van der Waals surface area contributed by atoms with Gasteiger partial charge >= 0.3 is 0 Å². The molecule has 3 aromatic rings. The topological polar surface area (TPSA) is 88.2 Å². The van der Waals surface area contributed by atoms with Crippen LogP contribution in [0.3, 0.4) is 0 Å². The van der Waals surface area contributed by atoms with E-state index in [2.05, 4.69) is 15.0 Å². The lowest BCUT2D eigenvalue weighted by Crippen LogP contribution is -2.24. The molecular formula is C21H21N3O3S. The fourth-order valence-electron chi connectivity index (χ4n) is 2.53. The smallest absolute Gasteiger partial charge is 0.251 e. The number of hydrogen-bond donors (Lipinski definition) is 2. The fourth-order valence-corrected chi connectivity index (χ4v) is 3.55. The van der Waals surface area contributed by atoms with Gasteiger partial charge in [-0.15, -0.1) is 0 Å². The maximum Gasteiger partial charge on any atom is 0.251 e. The molecule has 2 N–H and O–H groups in total. The molecule has 0 saturated heterocycles. The molecule has 7 heteroatoms. The number of rotatable bonds is 7. The number of hydrogen-bond acceptors (Lipinski definition) is 4. The van der Waals surface area contributed by atoms with Crippen LogP contribution >= 0.6 is 0 Å². The van der Waals surface area contributed by atoms with Crippen LogP contribution in [0.1, 0.15) is 27.2 Å². The Morgan fingerprint density at radius 1 is 0.929 bits per heavy atom. The molecule has 0 spiro atoms. The molecule has 144 valence electrons. The number of nitrogens with zero attached hydrogens (tertiary/aromatic N) is 1. The molecule has 1 aromatic heterocycles. The molecule has 28 heavy (non-hydrogen) atoms. The number of pyridine rings is 1. The van der Waals surface area contributed by atoms with Gasteiger partial charge in [-0.05, 0) is 48.9 Å². The van der Waals surface area contributed by atoms with Crippen molar-refractivity contribution in [3.05, 3.63) is 95.3 Å². The molecule has 0 fully saturated rings. The largest absolute Gasteiger partial charge is 0.346 e. The molecule has 1 amide bonds. The first-order valence-electron chi connectivity index (χ1n) is 8.77. The fraction of sp³-hybridized carbons (Fsp3) is 0.143. The molecule has 0 atom stereocenters. The van der Waals surface area contributed by atoms with Crippen molar-refractivity contribution in [2.75, 3.05) is 0 Å². The molecule has 6 nitrogen and oxygen atoms in total. The normalized spacial score (nSPS) is 11.2. The van der Waals surface area contributed by atoms with E-state index in [-0.39, 0.29) is 17.3 Å². The summed E-state index contributed by atoms with van der Waals surface area (Å²) in [7, 11) is -3.58. The highest BCUT2D eigenvalue weighted by atomic mass is 32.2. The summed E-state index contributed by atoms with van der Waals surface area (Å²) in [4.78, 5) is 16.6. The van der Waals surface area contributed by atoms with Gasteiger partial charge in [0.15, 0.2) is 0 Å². The number of carbonyl (C=O) groups is 1. The molecule has 0 aliphatic heterocycles. The zero-order valence-electron chi connectivity index (χ0n) is 15.4. The van der Waals surface area contributed by atoms with E-state index in [9.17, 15) is 13.2 Å². The second-order valence-electron chi connectivity index (χ2n) is 6.34. The third-order valence-corrected chi connectivity index (χ3v) is 5.59. The molecule has 0 unspecified atom stereocenters. The van der Waals surface area contributed by atoms with Gasteiger partial charge in [-0.2, -0.15) is 0 Å². The van der Waals surface area contributed by atoms with Gasteiger partial charge in [0.2, 0.25) is 10.0 Å². The summed E-state index contributed by atoms with van der Waals surface area (Å²) in [5.74, 6) is -0.211.